The number of halogens is 2. The molecular weight excluding hydrogens is 494 g/mol. The molecule has 0 bridgehead atoms. The SMILES string of the molecule is C.CO[C@H](C[C@H](CCN(C)Cc1cccc(-c2ccc(F)c(C)c2)c1)C(=O)NO)c1ccc(F)cc1.S. The molecule has 0 aromatic heterocycles. The van der Waals surface area contributed by atoms with Gasteiger partial charge in [0.25, 0.3) is 0 Å². The molecule has 0 aliphatic carbocycles. The topological polar surface area (TPSA) is 61.8 Å². The minimum absolute atomic E-state index is 0. The largest absolute Gasteiger partial charge is 0.377 e. The van der Waals surface area contributed by atoms with Crippen LogP contribution in [0.15, 0.2) is 66.7 Å². The van der Waals surface area contributed by atoms with Crippen molar-refractivity contribution in [2.45, 2.75) is 39.8 Å². The number of ether oxygens (including phenoxy) is 1. The summed E-state index contributed by atoms with van der Waals surface area (Å²) in [6.45, 7) is 3.02. The van der Waals surface area contributed by atoms with Crippen molar-refractivity contribution < 1.29 is 23.5 Å². The van der Waals surface area contributed by atoms with Crippen LogP contribution in [0.25, 0.3) is 11.1 Å². The number of hydrogen-bond donors (Lipinski definition) is 2. The molecule has 2 N–H and O–H groups in total. The number of amides is 1. The van der Waals surface area contributed by atoms with Gasteiger partial charge in [-0.2, -0.15) is 13.5 Å². The van der Waals surface area contributed by atoms with Gasteiger partial charge in [0.15, 0.2) is 0 Å². The second-order valence-corrected chi connectivity index (χ2v) is 8.88. The van der Waals surface area contributed by atoms with Gasteiger partial charge in [0.1, 0.15) is 11.6 Å². The fraction of sp³-hybridized carbons (Fsp3) is 0.345. The molecule has 37 heavy (non-hydrogen) atoms. The highest BCUT2D eigenvalue weighted by atomic mass is 32.1. The van der Waals surface area contributed by atoms with E-state index >= 15 is 0 Å². The highest BCUT2D eigenvalue weighted by Gasteiger charge is 2.24. The minimum atomic E-state index is -0.494. The third-order valence-corrected chi connectivity index (χ3v) is 6.24. The first-order chi connectivity index (χ1) is 16.8. The number of benzene rings is 3. The predicted octanol–water partition coefficient (Wildman–Crippen LogP) is 6.41. The van der Waals surface area contributed by atoms with Crippen molar-refractivity contribution in [3.8, 4) is 11.1 Å². The van der Waals surface area contributed by atoms with E-state index < -0.39 is 17.9 Å². The summed E-state index contributed by atoms with van der Waals surface area (Å²) in [5, 5.41) is 9.25. The summed E-state index contributed by atoms with van der Waals surface area (Å²) < 4.78 is 32.5. The molecule has 0 saturated carbocycles. The molecule has 3 rings (SSSR count). The minimum Gasteiger partial charge on any atom is -0.377 e. The van der Waals surface area contributed by atoms with Gasteiger partial charge >= 0.3 is 0 Å². The Morgan fingerprint density at radius 2 is 1.73 bits per heavy atom. The van der Waals surface area contributed by atoms with Crippen LogP contribution in [-0.2, 0) is 16.1 Å². The van der Waals surface area contributed by atoms with Crippen LogP contribution >= 0.6 is 13.5 Å². The average Bonchev–Trinajstić information content (AvgIpc) is 2.86. The van der Waals surface area contributed by atoms with Gasteiger partial charge in [-0.25, -0.2) is 14.3 Å². The molecule has 3 aromatic rings. The zero-order valence-corrected chi connectivity index (χ0v) is 21.8. The Balaban J connectivity index is 0.00000342. The van der Waals surface area contributed by atoms with Crippen molar-refractivity contribution in [1.82, 2.24) is 10.4 Å². The smallest absolute Gasteiger partial charge is 0.246 e. The summed E-state index contributed by atoms with van der Waals surface area (Å²) in [6, 6.07) is 19.2. The molecule has 3 aromatic carbocycles. The lowest BCUT2D eigenvalue weighted by atomic mass is 9.93. The first-order valence-corrected chi connectivity index (χ1v) is 11.6. The van der Waals surface area contributed by atoms with Gasteiger partial charge in [0.2, 0.25) is 5.91 Å². The lowest BCUT2D eigenvalue weighted by Crippen LogP contribution is -2.32. The highest BCUT2D eigenvalue weighted by molar-refractivity contribution is 7.59. The fourth-order valence-electron chi connectivity index (χ4n) is 4.19. The average molecular weight is 533 g/mol. The van der Waals surface area contributed by atoms with E-state index in [0.717, 1.165) is 22.3 Å². The van der Waals surface area contributed by atoms with Gasteiger partial charge in [-0.3, -0.25) is 10.0 Å². The lowest BCUT2D eigenvalue weighted by Gasteiger charge is -2.24. The summed E-state index contributed by atoms with van der Waals surface area (Å²) in [7, 11) is 3.51. The summed E-state index contributed by atoms with van der Waals surface area (Å²) >= 11 is 0. The molecule has 1 amide bonds. The molecule has 0 fully saturated rings. The quantitative estimate of drug-likeness (QED) is 0.221. The Bertz CT molecular complexity index is 1130. The number of nitrogens with zero attached hydrogens (tertiary/aromatic N) is 1. The zero-order valence-electron chi connectivity index (χ0n) is 20.8. The fourth-order valence-corrected chi connectivity index (χ4v) is 4.19. The second kappa shape index (κ2) is 15.5. The van der Waals surface area contributed by atoms with E-state index in [1.165, 1.54) is 18.2 Å². The van der Waals surface area contributed by atoms with Crippen molar-refractivity contribution in [1.29, 1.82) is 0 Å². The highest BCUT2D eigenvalue weighted by Crippen LogP contribution is 2.27. The Hall–Kier alpha value is -2.78. The Morgan fingerprint density at radius 3 is 2.35 bits per heavy atom. The number of aryl methyl sites for hydroxylation is 1. The van der Waals surface area contributed by atoms with Gasteiger partial charge in [-0.15, -0.1) is 0 Å². The van der Waals surface area contributed by atoms with Crippen LogP contribution in [0.3, 0.4) is 0 Å². The first-order valence-electron chi connectivity index (χ1n) is 11.6. The molecule has 2 atom stereocenters. The molecule has 0 radical (unpaired) electrons. The molecule has 0 aliphatic rings. The molecule has 8 heteroatoms. The Morgan fingerprint density at radius 1 is 1.05 bits per heavy atom. The monoisotopic (exact) mass is 532 g/mol. The number of hydrogen-bond acceptors (Lipinski definition) is 4. The van der Waals surface area contributed by atoms with E-state index in [2.05, 4.69) is 11.0 Å². The molecule has 202 valence electrons. The maximum atomic E-state index is 13.6. The van der Waals surface area contributed by atoms with Crippen molar-refractivity contribution >= 4 is 19.4 Å². The normalized spacial score (nSPS) is 12.3. The van der Waals surface area contributed by atoms with Crippen molar-refractivity contribution in [3.63, 3.8) is 0 Å². The molecule has 0 saturated heterocycles. The predicted molar refractivity (Wildman–Crippen MR) is 149 cm³/mol. The van der Waals surface area contributed by atoms with Gasteiger partial charge in [0.05, 0.1) is 6.10 Å². The Kier molecular flexibility index (Phi) is 13.5. The van der Waals surface area contributed by atoms with E-state index in [1.807, 2.05) is 31.3 Å². The van der Waals surface area contributed by atoms with E-state index in [4.69, 9.17) is 4.74 Å². The van der Waals surface area contributed by atoms with Gasteiger partial charge in [-0.05, 0) is 91.5 Å². The molecule has 0 heterocycles. The van der Waals surface area contributed by atoms with Gasteiger partial charge < -0.3 is 9.64 Å². The maximum Gasteiger partial charge on any atom is 0.246 e. The molecule has 0 spiro atoms. The van der Waals surface area contributed by atoms with Crippen molar-refractivity contribution in [2.75, 3.05) is 20.7 Å². The summed E-state index contributed by atoms with van der Waals surface area (Å²) in [5.74, 6) is -1.53. The standard InChI is InChI=1S/C28H32F2N2O3.CH4.H2S/c1-19-15-23(9-12-26(19)30)22-6-4-5-20(16-22)18-32(2)14-13-24(28(33)31-34)17-27(35-3)21-7-10-25(29)11-8-21;;/h4-12,15-16,24,27,34H,13-14,17-18H2,1-3H3,(H,31,33);1H4;1H2/t24-,27+;;/m0../s1. The van der Waals surface area contributed by atoms with Gasteiger partial charge in [0, 0.05) is 19.6 Å². The molecule has 0 aliphatic heterocycles. The van der Waals surface area contributed by atoms with E-state index in [0.29, 0.717) is 31.5 Å². The van der Waals surface area contributed by atoms with E-state index in [9.17, 15) is 18.8 Å². The number of carbonyl (C=O) groups excluding carboxylic acids is 1. The van der Waals surface area contributed by atoms with Crippen LogP contribution in [0.4, 0.5) is 8.78 Å². The van der Waals surface area contributed by atoms with Gasteiger partial charge in [-0.1, -0.05) is 43.8 Å². The van der Waals surface area contributed by atoms with Crippen LogP contribution in [0, 0.1) is 24.5 Å². The van der Waals surface area contributed by atoms with E-state index in [1.54, 1.807) is 37.7 Å². The van der Waals surface area contributed by atoms with Crippen LogP contribution in [0.1, 0.15) is 43.1 Å². The number of nitrogens with one attached hydrogen (secondary N) is 1. The third kappa shape index (κ3) is 9.23. The third-order valence-electron chi connectivity index (χ3n) is 6.24. The maximum absolute atomic E-state index is 13.6. The summed E-state index contributed by atoms with van der Waals surface area (Å²) in [6.07, 6.45) is 0.446. The summed E-state index contributed by atoms with van der Waals surface area (Å²) in [4.78, 5) is 14.5. The first kappa shape index (κ1) is 32.2. The zero-order chi connectivity index (χ0) is 25.4. The lowest BCUT2D eigenvalue weighted by molar-refractivity contribution is -0.135. The molecule has 5 nitrogen and oxygen atoms in total. The van der Waals surface area contributed by atoms with Crippen LogP contribution in [0.5, 0.6) is 0 Å². The number of hydroxylamine groups is 1. The van der Waals surface area contributed by atoms with Crippen molar-refractivity contribution in [2.24, 2.45) is 5.92 Å². The second-order valence-electron chi connectivity index (χ2n) is 8.88. The van der Waals surface area contributed by atoms with E-state index in [-0.39, 0.29) is 32.6 Å². The number of carbonyl (C=O) groups is 1. The molecular formula is C29H38F2N2O3S. The molecule has 0 unspecified atom stereocenters. The number of rotatable bonds is 11. The van der Waals surface area contributed by atoms with Crippen LogP contribution < -0.4 is 5.48 Å². The van der Waals surface area contributed by atoms with Crippen LogP contribution in [0.2, 0.25) is 0 Å². The summed E-state index contributed by atoms with van der Waals surface area (Å²) in [5.41, 5.74) is 6.20. The Labute approximate surface area is 225 Å². The number of methoxy groups -OCH3 is 1. The van der Waals surface area contributed by atoms with Crippen LogP contribution in [-0.4, -0.2) is 36.7 Å². The van der Waals surface area contributed by atoms with Crippen molar-refractivity contribution in [3.05, 3.63) is 95.1 Å².